The van der Waals surface area contributed by atoms with Crippen LogP contribution in [-0.2, 0) is 17.6 Å². The standard InChI is InChI=1S/C16H22N4O2.ClH/c1-11(17-3)9-15-19-16(22-20-15)10-14(18-12(2)21)13-7-5-4-6-8-13;/h4-8,11,14,17H,9-10H2,1-3H3,(H,18,21);1H. The lowest BCUT2D eigenvalue weighted by Crippen LogP contribution is -2.27. The third kappa shape index (κ3) is 6.00. The fourth-order valence-corrected chi connectivity index (χ4v) is 2.19. The molecule has 7 heteroatoms. The molecule has 0 fully saturated rings. The average Bonchev–Trinajstić information content (AvgIpc) is 2.94. The molecule has 6 nitrogen and oxygen atoms in total. The second kappa shape index (κ2) is 9.27. The fourth-order valence-electron chi connectivity index (χ4n) is 2.19. The molecule has 2 N–H and O–H groups in total. The molecule has 0 saturated carbocycles. The van der Waals surface area contributed by atoms with Crippen LogP contribution in [-0.4, -0.2) is 29.1 Å². The van der Waals surface area contributed by atoms with Crippen molar-refractivity contribution >= 4 is 18.3 Å². The lowest BCUT2D eigenvalue weighted by Gasteiger charge is -2.16. The van der Waals surface area contributed by atoms with Crippen LogP contribution in [0.2, 0.25) is 0 Å². The number of nitrogens with one attached hydrogen (secondary N) is 2. The van der Waals surface area contributed by atoms with Crippen LogP contribution in [0.5, 0.6) is 0 Å². The number of benzene rings is 1. The van der Waals surface area contributed by atoms with Crippen LogP contribution in [0, 0.1) is 0 Å². The molecule has 2 rings (SSSR count). The number of aromatic nitrogens is 2. The van der Waals surface area contributed by atoms with E-state index in [1.807, 2.05) is 37.4 Å². The van der Waals surface area contributed by atoms with Gasteiger partial charge >= 0.3 is 0 Å². The molecule has 23 heavy (non-hydrogen) atoms. The van der Waals surface area contributed by atoms with Gasteiger partial charge in [0.15, 0.2) is 5.82 Å². The van der Waals surface area contributed by atoms with Crippen molar-refractivity contribution in [1.82, 2.24) is 20.8 Å². The van der Waals surface area contributed by atoms with Gasteiger partial charge in [-0.2, -0.15) is 4.98 Å². The second-order valence-electron chi connectivity index (χ2n) is 5.37. The number of likely N-dealkylation sites (N-methyl/N-ethyl adjacent to an activating group) is 1. The summed E-state index contributed by atoms with van der Waals surface area (Å²) in [6.07, 6.45) is 1.18. The van der Waals surface area contributed by atoms with Crippen LogP contribution in [0.1, 0.15) is 37.2 Å². The maximum atomic E-state index is 11.4. The second-order valence-corrected chi connectivity index (χ2v) is 5.37. The van der Waals surface area contributed by atoms with E-state index >= 15 is 0 Å². The first kappa shape index (κ1) is 19.1. The van der Waals surface area contributed by atoms with Gasteiger partial charge in [-0.15, -0.1) is 12.4 Å². The van der Waals surface area contributed by atoms with Gasteiger partial charge in [-0.25, -0.2) is 0 Å². The Balaban J connectivity index is 0.00000264. The van der Waals surface area contributed by atoms with Crippen LogP contribution in [0.3, 0.4) is 0 Å². The highest BCUT2D eigenvalue weighted by Crippen LogP contribution is 2.17. The number of carbonyl (C=O) groups is 1. The summed E-state index contributed by atoms with van der Waals surface area (Å²) in [4.78, 5) is 15.8. The first-order valence-electron chi connectivity index (χ1n) is 7.39. The van der Waals surface area contributed by atoms with Gasteiger partial charge in [0.2, 0.25) is 11.8 Å². The number of hydrogen-bond donors (Lipinski definition) is 2. The zero-order valence-electron chi connectivity index (χ0n) is 13.6. The minimum absolute atomic E-state index is 0. The average molecular weight is 339 g/mol. The van der Waals surface area contributed by atoms with Crippen molar-refractivity contribution in [2.75, 3.05) is 7.05 Å². The van der Waals surface area contributed by atoms with Gasteiger partial charge in [0.05, 0.1) is 12.5 Å². The molecule has 2 unspecified atom stereocenters. The van der Waals surface area contributed by atoms with E-state index in [2.05, 4.69) is 27.7 Å². The first-order valence-corrected chi connectivity index (χ1v) is 7.39. The van der Waals surface area contributed by atoms with Crippen LogP contribution < -0.4 is 10.6 Å². The van der Waals surface area contributed by atoms with Crippen LogP contribution in [0.4, 0.5) is 0 Å². The molecule has 0 spiro atoms. The number of nitrogens with zero attached hydrogens (tertiary/aromatic N) is 2. The molecule has 2 aromatic rings. The Bertz CT molecular complexity index is 603. The summed E-state index contributed by atoms with van der Waals surface area (Å²) >= 11 is 0. The molecule has 0 aliphatic rings. The largest absolute Gasteiger partial charge is 0.349 e. The highest BCUT2D eigenvalue weighted by atomic mass is 35.5. The van der Waals surface area contributed by atoms with E-state index in [0.717, 1.165) is 5.56 Å². The third-order valence-electron chi connectivity index (χ3n) is 3.45. The van der Waals surface area contributed by atoms with E-state index in [9.17, 15) is 4.79 Å². The minimum Gasteiger partial charge on any atom is -0.349 e. The molecule has 0 bridgehead atoms. The Morgan fingerprint density at radius 3 is 2.57 bits per heavy atom. The van der Waals surface area contributed by atoms with Gasteiger partial charge in [-0.1, -0.05) is 35.5 Å². The van der Waals surface area contributed by atoms with E-state index in [1.54, 1.807) is 0 Å². The Labute approximate surface area is 142 Å². The normalized spacial score (nSPS) is 13.0. The zero-order chi connectivity index (χ0) is 15.9. The summed E-state index contributed by atoms with van der Waals surface area (Å²) in [5.41, 5.74) is 1.01. The maximum absolute atomic E-state index is 11.4. The Kier molecular flexibility index (Phi) is 7.71. The molecule has 0 aliphatic heterocycles. The van der Waals surface area contributed by atoms with Crippen LogP contribution in [0.15, 0.2) is 34.9 Å². The molecule has 1 amide bonds. The van der Waals surface area contributed by atoms with Crippen molar-refractivity contribution < 1.29 is 9.32 Å². The van der Waals surface area contributed by atoms with E-state index in [1.165, 1.54) is 6.92 Å². The zero-order valence-corrected chi connectivity index (χ0v) is 14.4. The van der Waals surface area contributed by atoms with E-state index in [4.69, 9.17) is 4.52 Å². The summed E-state index contributed by atoms with van der Waals surface area (Å²) in [6, 6.07) is 9.88. The van der Waals surface area contributed by atoms with E-state index in [0.29, 0.717) is 24.6 Å². The molecule has 1 heterocycles. The van der Waals surface area contributed by atoms with Crippen molar-refractivity contribution in [3.63, 3.8) is 0 Å². The van der Waals surface area contributed by atoms with Gasteiger partial charge in [0.25, 0.3) is 0 Å². The third-order valence-corrected chi connectivity index (χ3v) is 3.45. The number of rotatable bonds is 7. The number of halogens is 1. The Morgan fingerprint density at radius 2 is 1.96 bits per heavy atom. The van der Waals surface area contributed by atoms with E-state index < -0.39 is 0 Å². The van der Waals surface area contributed by atoms with Crippen LogP contribution >= 0.6 is 12.4 Å². The molecule has 1 aromatic carbocycles. The highest BCUT2D eigenvalue weighted by Gasteiger charge is 2.18. The monoisotopic (exact) mass is 338 g/mol. The smallest absolute Gasteiger partial charge is 0.229 e. The topological polar surface area (TPSA) is 80.0 Å². The fraction of sp³-hybridized carbons (Fsp3) is 0.438. The predicted octanol–water partition coefficient (Wildman–Crippen LogP) is 2.06. The molecule has 2 atom stereocenters. The van der Waals surface area contributed by atoms with Crippen molar-refractivity contribution in [3.8, 4) is 0 Å². The molecular weight excluding hydrogens is 316 g/mol. The van der Waals surface area contributed by atoms with Gasteiger partial charge in [-0.3, -0.25) is 4.79 Å². The quantitative estimate of drug-likeness (QED) is 0.807. The molecule has 0 aliphatic carbocycles. The summed E-state index contributed by atoms with van der Waals surface area (Å²) in [5.74, 6) is 1.12. The summed E-state index contributed by atoms with van der Waals surface area (Å²) in [5, 5.41) is 10.1. The van der Waals surface area contributed by atoms with Gasteiger partial charge < -0.3 is 15.2 Å². The highest BCUT2D eigenvalue weighted by molar-refractivity contribution is 5.85. The van der Waals surface area contributed by atoms with Crippen molar-refractivity contribution in [2.24, 2.45) is 0 Å². The number of hydrogen-bond acceptors (Lipinski definition) is 5. The molecule has 126 valence electrons. The molecule has 1 aromatic heterocycles. The minimum atomic E-state index is -0.172. The van der Waals surface area contributed by atoms with Crippen molar-refractivity contribution in [3.05, 3.63) is 47.6 Å². The molecule has 0 radical (unpaired) electrons. The van der Waals surface area contributed by atoms with Crippen LogP contribution in [0.25, 0.3) is 0 Å². The lowest BCUT2D eigenvalue weighted by atomic mass is 10.0. The molecular formula is C16H23ClN4O2. The first-order chi connectivity index (χ1) is 10.6. The van der Waals surface area contributed by atoms with Crippen molar-refractivity contribution in [2.45, 2.75) is 38.8 Å². The summed E-state index contributed by atoms with van der Waals surface area (Å²) < 4.78 is 5.30. The van der Waals surface area contributed by atoms with Crippen molar-refractivity contribution in [1.29, 1.82) is 0 Å². The number of carbonyl (C=O) groups excluding carboxylic acids is 1. The number of amides is 1. The maximum Gasteiger partial charge on any atom is 0.229 e. The van der Waals surface area contributed by atoms with E-state index in [-0.39, 0.29) is 30.4 Å². The Hall–Kier alpha value is -1.92. The Morgan fingerprint density at radius 1 is 1.26 bits per heavy atom. The van der Waals surface area contributed by atoms with Gasteiger partial charge in [0, 0.05) is 19.4 Å². The van der Waals surface area contributed by atoms with Gasteiger partial charge in [-0.05, 0) is 19.5 Å². The van der Waals surface area contributed by atoms with Gasteiger partial charge in [0.1, 0.15) is 0 Å². The summed E-state index contributed by atoms with van der Waals surface area (Å²) in [6.45, 7) is 3.56. The summed E-state index contributed by atoms with van der Waals surface area (Å²) in [7, 11) is 1.90. The predicted molar refractivity (Wildman–Crippen MR) is 90.5 cm³/mol. The SMILES string of the molecule is CNC(C)Cc1noc(CC(NC(C)=O)c2ccccc2)n1.Cl. The molecule has 0 saturated heterocycles. The lowest BCUT2D eigenvalue weighted by molar-refractivity contribution is -0.119.